The average Bonchev–Trinajstić information content (AvgIpc) is 2.43. The molecule has 0 spiro atoms. The van der Waals surface area contributed by atoms with Gasteiger partial charge in [0, 0.05) is 11.6 Å². The number of rotatable bonds is 5. The molecule has 2 rings (SSSR count). The number of halogens is 2. The lowest BCUT2D eigenvalue weighted by Crippen LogP contribution is -2.11. The smallest absolute Gasteiger partial charge is 0.146 e. The summed E-state index contributed by atoms with van der Waals surface area (Å²) in [6, 6.07) is 11.4. The fourth-order valence-electron chi connectivity index (χ4n) is 1.81. The number of hydrogen-bond donors (Lipinski definition) is 1. The van der Waals surface area contributed by atoms with E-state index in [-0.39, 0.29) is 0 Å². The van der Waals surface area contributed by atoms with E-state index in [0.717, 1.165) is 35.0 Å². The second-order valence-electron chi connectivity index (χ2n) is 4.56. The summed E-state index contributed by atoms with van der Waals surface area (Å²) in [4.78, 5) is 0. The first-order valence-electron chi connectivity index (χ1n) is 6.53. The summed E-state index contributed by atoms with van der Waals surface area (Å²) in [7, 11) is 0. The Morgan fingerprint density at radius 1 is 1.05 bits per heavy atom. The molecule has 0 aromatic heterocycles. The van der Waals surface area contributed by atoms with Gasteiger partial charge in [0.2, 0.25) is 0 Å². The molecule has 0 aliphatic rings. The summed E-state index contributed by atoms with van der Waals surface area (Å²) < 4.78 is 5.79. The van der Waals surface area contributed by atoms with Crippen LogP contribution in [0.3, 0.4) is 0 Å². The SMILES string of the molecule is CCNCc1ccc(Oc2ccc(Cl)c(C)c2)c(Cl)c1. The predicted octanol–water partition coefficient (Wildman–Crippen LogP) is 5.20. The number of hydrogen-bond acceptors (Lipinski definition) is 2. The third kappa shape index (κ3) is 3.89. The van der Waals surface area contributed by atoms with Gasteiger partial charge in [-0.1, -0.05) is 36.2 Å². The van der Waals surface area contributed by atoms with Crippen LogP contribution in [0.1, 0.15) is 18.1 Å². The van der Waals surface area contributed by atoms with Crippen molar-refractivity contribution in [3.8, 4) is 11.5 Å². The van der Waals surface area contributed by atoms with Gasteiger partial charge in [0.15, 0.2) is 0 Å². The molecule has 0 saturated carbocycles. The van der Waals surface area contributed by atoms with Crippen molar-refractivity contribution < 1.29 is 4.74 Å². The van der Waals surface area contributed by atoms with Crippen molar-refractivity contribution in [1.82, 2.24) is 5.32 Å². The lowest BCUT2D eigenvalue weighted by atomic mass is 10.2. The third-order valence-corrected chi connectivity index (χ3v) is 3.65. The largest absolute Gasteiger partial charge is 0.456 e. The zero-order chi connectivity index (χ0) is 14.5. The Morgan fingerprint density at radius 2 is 1.85 bits per heavy atom. The van der Waals surface area contributed by atoms with Crippen molar-refractivity contribution in [3.05, 3.63) is 57.6 Å². The Morgan fingerprint density at radius 3 is 2.50 bits per heavy atom. The maximum absolute atomic E-state index is 6.25. The molecular weight excluding hydrogens is 293 g/mol. The highest BCUT2D eigenvalue weighted by Gasteiger charge is 2.06. The van der Waals surface area contributed by atoms with Gasteiger partial charge in [0.05, 0.1) is 5.02 Å². The molecule has 4 heteroatoms. The second-order valence-corrected chi connectivity index (χ2v) is 5.37. The van der Waals surface area contributed by atoms with Crippen LogP contribution >= 0.6 is 23.2 Å². The number of nitrogens with one attached hydrogen (secondary N) is 1. The van der Waals surface area contributed by atoms with E-state index >= 15 is 0 Å². The normalized spacial score (nSPS) is 10.6. The van der Waals surface area contributed by atoms with E-state index in [1.807, 2.05) is 43.3 Å². The summed E-state index contributed by atoms with van der Waals surface area (Å²) in [5.41, 5.74) is 2.11. The highest BCUT2D eigenvalue weighted by atomic mass is 35.5. The van der Waals surface area contributed by atoms with Crippen LogP contribution in [0.4, 0.5) is 0 Å². The highest BCUT2D eigenvalue weighted by molar-refractivity contribution is 6.32. The van der Waals surface area contributed by atoms with Crippen molar-refractivity contribution in [2.45, 2.75) is 20.4 Å². The molecule has 0 bridgehead atoms. The number of ether oxygens (including phenoxy) is 1. The van der Waals surface area contributed by atoms with E-state index in [2.05, 4.69) is 12.2 Å². The molecule has 0 fully saturated rings. The second kappa shape index (κ2) is 6.98. The molecule has 0 unspecified atom stereocenters. The molecular formula is C16H17Cl2NO. The molecule has 0 amide bonds. The maximum atomic E-state index is 6.25. The van der Waals surface area contributed by atoms with Crippen LogP contribution in [0.25, 0.3) is 0 Å². The molecule has 2 aromatic rings. The molecule has 0 saturated heterocycles. The first-order valence-corrected chi connectivity index (χ1v) is 7.29. The van der Waals surface area contributed by atoms with Crippen LogP contribution in [0.2, 0.25) is 10.0 Å². The van der Waals surface area contributed by atoms with Crippen molar-refractivity contribution >= 4 is 23.2 Å². The van der Waals surface area contributed by atoms with Crippen LogP contribution in [0, 0.1) is 6.92 Å². The first-order chi connectivity index (χ1) is 9.60. The summed E-state index contributed by atoms with van der Waals surface area (Å²) in [6.07, 6.45) is 0. The van der Waals surface area contributed by atoms with Crippen LogP contribution in [0.15, 0.2) is 36.4 Å². The monoisotopic (exact) mass is 309 g/mol. The fraction of sp³-hybridized carbons (Fsp3) is 0.250. The van der Waals surface area contributed by atoms with Crippen molar-refractivity contribution in [3.63, 3.8) is 0 Å². The fourth-order valence-corrected chi connectivity index (χ4v) is 2.17. The highest BCUT2D eigenvalue weighted by Crippen LogP contribution is 2.31. The zero-order valence-corrected chi connectivity index (χ0v) is 13.1. The minimum Gasteiger partial charge on any atom is -0.456 e. The van der Waals surface area contributed by atoms with Gasteiger partial charge in [-0.2, -0.15) is 0 Å². The van der Waals surface area contributed by atoms with E-state index in [1.165, 1.54) is 0 Å². The van der Waals surface area contributed by atoms with Gasteiger partial charge in [-0.15, -0.1) is 0 Å². The summed E-state index contributed by atoms with van der Waals surface area (Å²) >= 11 is 12.2. The van der Waals surface area contributed by atoms with Crippen LogP contribution in [-0.4, -0.2) is 6.54 Å². The van der Waals surface area contributed by atoms with Crippen molar-refractivity contribution in [1.29, 1.82) is 0 Å². The zero-order valence-electron chi connectivity index (χ0n) is 11.5. The van der Waals surface area contributed by atoms with Crippen LogP contribution in [-0.2, 0) is 6.54 Å². The van der Waals surface area contributed by atoms with E-state index in [1.54, 1.807) is 0 Å². The molecule has 106 valence electrons. The van der Waals surface area contributed by atoms with E-state index in [4.69, 9.17) is 27.9 Å². The van der Waals surface area contributed by atoms with Gasteiger partial charge in [0.25, 0.3) is 0 Å². The third-order valence-electron chi connectivity index (χ3n) is 2.93. The van der Waals surface area contributed by atoms with Crippen molar-refractivity contribution in [2.75, 3.05) is 6.54 Å². The van der Waals surface area contributed by atoms with Gasteiger partial charge in [-0.3, -0.25) is 0 Å². The molecule has 2 aromatic carbocycles. The van der Waals surface area contributed by atoms with Gasteiger partial charge in [-0.05, 0) is 54.9 Å². The number of aryl methyl sites for hydroxylation is 1. The van der Waals surface area contributed by atoms with Gasteiger partial charge in [-0.25, -0.2) is 0 Å². The molecule has 0 heterocycles. The molecule has 0 aliphatic carbocycles. The topological polar surface area (TPSA) is 21.3 Å². The maximum Gasteiger partial charge on any atom is 0.146 e. The van der Waals surface area contributed by atoms with E-state index < -0.39 is 0 Å². The lowest BCUT2D eigenvalue weighted by Gasteiger charge is -2.10. The summed E-state index contributed by atoms with van der Waals surface area (Å²) in [5.74, 6) is 1.38. The minimum absolute atomic E-state index is 0.605. The standard InChI is InChI=1S/C16H17Cl2NO/c1-3-19-10-12-4-7-16(15(18)9-12)20-13-5-6-14(17)11(2)8-13/h4-9,19H,3,10H2,1-2H3. The first kappa shape index (κ1) is 15.2. The molecule has 0 aliphatic heterocycles. The minimum atomic E-state index is 0.605. The van der Waals surface area contributed by atoms with E-state index in [0.29, 0.717) is 10.8 Å². The van der Waals surface area contributed by atoms with Gasteiger partial charge >= 0.3 is 0 Å². The van der Waals surface area contributed by atoms with Gasteiger partial charge in [0.1, 0.15) is 11.5 Å². The summed E-state index contributed by atoms with van der Waals surface area (Å²) in [5, 5.41) is 4.59. The molecule has 1 N–H and O–H groups in total. The summed E-state index contributed by atoms with van der Waals surface area (Å²) in [6.45, 7) is 5.74. The molecule has 0 radical (unpaired) electrons. The Hall–Kier alpha value is -1.22. The van der Waals surface area contributed by atoms with Gasteiger partial charge < -0.3 is 10.1 Å². The molecule has 0 atom stereocenters. The van der Waals surface area contributed by atoms with Crippen LogP contribution in [0.5, 0.6) is 11.5 Å². The predicted molar refractivity (Wildman–Crippen MR) is 85.1 cm³/mol. The van der Waals surface area contributed by atoms with E-state index in [9.17, 15) is 0 Å². The quantitative estimate of drug-likeness (QED) is 0.819. The Labute approximate surface area is 129 Å². The molecule has 2 nitrogen and oxygen atoms in total. The van der Waals surface area contributed by atoms with Crippen molar-refractivity contribution in [2.24, 2.45) is 0 Å². The lowest BCUT2D eigenvalue weighted by molar-refractivity contribution is 0.482. The Balaban J connectivity index is 2.14. The van der Waals surface area contributed by atoms with Crippen LogP contribution < -0.4 is 10.1 Å². The molecule has 20 heavy (non-hydrogen) atoms. The average molecular weight is 310 g/mol. The Kier molecular flexibility index (Phi) is 5.30. The number of benzene rings is 2. The Bertz CT molecular complexity index is 599.